The Morgan fingerprint density at radius 2 is 1.94 bits per heavy atom. The van der Waals surface area contributed by atoms with Crippen LogP contribution in [0.1, 0.15) is 19.4 Å². The number of rotatable bonds is 4. The van der Waals surface area contributed by atoms with Gasteiger partial charge in [0.15, 0.2) is 0 Å². The van der Waals surface area contributed by atoms with Crippen molar-refractivity contribution in [3.63, 3.8) is 0 Å². The van der Waals surface area contributed by atoms with Crippen molar-refractivity contribution in [3.8, 4) is 5.75 Å². The van der Waals surface area contributed by atoms with Gasteiger partial charge in [0.05, 0.1) is 6.61 Å². The van der Waals surface area contributed by atoms with Crippen molar-refractivity contribution < 1.29 is 9.84 Å². The van der Waals surface area contributed by atoms with Crippen LogP contribution in [0.5, 0.6) is 5.75 Å². The molecule has 2 nitrogen and oxygen atoms in total. The minimum atomic E-state index is -0.176. The molecule has 1 heterocycles. The van der Waals surface area contributed by atoms with Gasteiger partial charge in [-0.1, -0.05) is 26.0 Å². The topological polar surface area (TPSA) is 29.5 Å². The SMILES string of the molecule is CC(C)(CO)c1ccc(OC2CSC2)cc1. The first-order valence-corrected chi connectivity index (χ1v) is 6.73. The molecule has 1 aliphatic heterocycles. The summed E-state index contributed by atoms with van der Waals surface area (Å²) in [5.74, 6) is 3.14. The van der Waals surface area contributed by atoms with Crippen molar-refractivity contribution in [1.29, 1.82) is 0 Å². The maximum Gasteiger partial charge on any atom is 0.119 e. The highest BCUT2D eigenvalue weighted by atomic mass is 32.2. The molecule has 0 amide bonds. The van der Waals surface area contributed by atoms with Gasteiger partial charge in [0, 0.05) is 16.9 Å². The summed E-state index contributed by atoms with van der Waals surface area (Å²) in [4.78, 5) is 0. The standard InChI is InChI=1S/C13H18O2S/c1-13(2,9-14)10-3-5-11(6-4-10)15-12-7-16-8-12/h3-6,12,14H,7-9H2,1-2H3. The highest BCUT2D eigenvalue weighted by Gasteiger charge is 2.21. The molecule has 88 valence electrons. The number of benzene rings is 1. The van der Waals surface area contributed by atoms with Gasteiger partial charge >= 0.3 is 0 Å². The molecule has 3 heteroatoms. The summed E-state index contributed by atoms with van der Waals surface area (Å²) in [7, 11) is 0. The number of aliphatic hydroxyl groups excluding tert-OH is 1. The van der Waals surface area contributed by atoms with Crippen LogP contribution in [-0.4, -0.2) is 29.3 Å². The van der Waals surface area contributed by atoms with Crippen molar-refractivity contribution >= 4 is 11.8 Å². The van der Waals surface area contributed by atoms with Crippen LogP contribution < -0.4 is 4.74 Å². The summed E-state index contributed by atoms with van der Waals surface area (Å²) in [5, 5.41) is 9.28. The summed E-state index contributed by atoms with van der Waals surface area (Å²) in [6.45, 7) is 4.23. The lowest BCUT2D eigenvalue weighted by Crippen LogP contribution is -2.31. The zero-order valence-corrected chi connectivity index (χ0v) is 10.6. The second-order valence-electron chi connectivity index (χ2n) is 4.84. The van der Waals surface area contributed by atoms with Crippen molar-refractivity contribution in [3.05, 3.63) is 29.8 Å². The smallest absolute Gasteiger partial charge is 0.119 e. The van der Waals surface area contributed by atoms with Crippen molar-refractivity contribution in [2.45, 2.75) is 25.4 Å². The van der Waals surface area contributed by atoms with Crippen LogP contribution in [0.2, 0.25) is 0 Å². The van der Waals surface area contributed by atoms with E-state index in [1.807, 2.05) is 49.9 Å². The first-order chi connectivity index (χ1) is 7.62. The number of hydrogen-bond donors (Lipinski definition) is 1. The van der Waals surface area contributed by atoms with Crippen molar-refractivity contribution in [1.82, 2.24) is 0 Å². The van der Waals surface area contributed by atoms with Gasteiger partial charge in [-0.2, -0.15) is 11.8 Å². The van der Waals surface area contributed by atoms with E-state index in [9.17, 15) is 5.11 Å². The fourth-order valence-electron chi connectivity index (χ4n) is 1.55. The van der Waals surface area contributed by atoms with Gasteiger partial charge in [-0.15, -0.1) is 0 Å². The Balaban J connectivity index is 2.03. The number of aliphatic hydroxyl groups is 1. The Hall–Kier alpha value is -0.670. The molecule has 2 rings (SSSR count). The Morgan fingerprint density at radius 1 is 1.31 bits per heavy atom. The Kier molecular flexibility index (Phi) is 3.45. The molecule has 1 aromatic rings. The molecule has 0 aromatic heterocycles. The molecular weight excluding hydrogens is 220 g/mol. The molecule has 0 aliphatic carbocycles. The monoisotopic (exact) mass is 238 g/mol. The zero-order chi connectivity index (χ0) is 11.6. The maximum absolute atomic E-state index is 9.28. The normalized spacial score (nSPS) is 16.9. The van der Waals surface area contributed by atoms with E-state index in [0.29, 0.717) is 6.10 Å². The molecule has 1 aliphatic rings. The van der Waals surface area contributed by atoms with Crippen LogP contribution in [0, 0.1) is 0 Å². The molecule has 0 unspecified atom stereocenters. The molecule has 1 aromatic carbocycles. The summed E-state index contributed by atoms with van der Waals surface area (Å²) in [5.41, 5.74) is 0.968. The van der Waals surface area contributed by atoms with Gasteiger partial charge in [-0.3, -0.25) is 0 Å². The number of hydrogen-bond acceptors (Lipinski definition) is 3. The van der Waals surface area contributed by atoms with Crippen LogP contribution in [0.15, 0.2) is 24.3 Å². The van der Waals surface area contributed by atoms with E-state index in [1.54, 1.807) is 0 Å². The Morgan fingerprint density at radius 3 is 2.38 bits per heavy atom. The van der Waals surface area contributed by atoms with Crippen LogP contribution in [0.25, 0.3) is 0 Å². The van der Waals surface area contributed by atoms with Gasteiger partial charge in [-0.25, -0.2) is 0 Å². The van der Waals surface area contributed by atoms with E-state index >= 15 is 0 Å². The second kappa shape index (κ2) is 4.68. The fourth-order valence-corrected chi connectivity index (χ4v) is 2.11. The maximum atomic E-state index is 9.28. The van der Waals surface area contributed by atoms with Crippen molar-refractivity contribution in [2.24, 2.45) is 0 Å². The quantitative estimate of drug-likeness (QED) is 0.873. The van der Waals surface area contributed by atoms with E-state index in [-0.39, 0.29) is 12.0 Å². The Bertz CT molecular complexity index is 341. The van der Waals surface area contributed by atoms with Gasteiger partial charge in [-0.05, 0) is 17.7 Å². The highest BCUT2D eigenvalue weighted by molar-refractivity contribution is 8.00. The third kappa shape index (κ3) is 2.53. The predicted molar refractivity (Wildman–Crippen MR) is 68.3 cm³/mol. The van der Waals surface area contributed by atoms with Crippen LogP contribution in [0.3, 0.4) is 0 Å². The molecule has 1 N–H and O–H groups in total. The first kappa shape index (κ1) is 11.8. The first-order valence-electron chi connectivity index (χ1n) is 5.57. The average Bonchev–Trinajstić information content (AvgIpc) is 2.24. The lowest BCUT2D eigenvalue weighted by molar-refractivity contribution is 0.217. The molecular formula is C13H18O2S. The predicted octanol–water partition coefficient (Wildman–Crippen LogP) is 2.45. The van der Waals surface area contributed by atoms with E-state index in [0.717, 1.165) is 22.8 Å². The summed E-state index contributed by atoms with van der Waals surface area (Å²) < 4.78 is 5.77. The largest absolute Gasteiger partial charge is 0.489 e. The molecule has 0 bridgehead atoms. The van der Waals surface area contributed by atoms with E-state index in [4.69, 9.17) is 4.74 Å². The lowest BCUT2D eigenvalue weighted by Gasteiger charge is -2.27. The molecule has 16 heavy (non-hydrogen) atoms. The minimum absolute atomic E-state index is 0.159. The van der Waals surface area contributed by atoms with E-state index in [1.165, 1.54) is 0 Å². The van der Waals surface area contributed by atoms with E-state index < -0.39 is 0 Å². The van der Waals surface area contributed by atoms with Crippen LogP contribution in [0.4, 0.5) is 0 Å². The molecule has 0 saturated carbocycles. The molecule has 0 spiro atoms. The molecule has 0 radical (unpaired) electrons. The van der Waals surface area contributed by atoms with Gasteiger partial charge in [0.1, 0.15) is 11.9 Å². The summed E-state index contributed by atoms with van der Waals surface area (Å²) in [6.07, 6.45) is 0.390. The third-order valence-electron chi connectivity index (χ3n) is 2.94. The van der Waals surface area contributed by atoms with Crippen LogP contribution in [-0.2, 0) is 5.41 Å². The van der Waals surface area contributed by atoms with Gasteiger partial charge < -0.3 is 9.84 Å². The highest BCUT2D eigenvalue weighted by Crippen LogP contribution is 2.27. The molecule has 1 fully saturated rings. The second-order valence-corrected chi connectivity index (χ2v) is 5.92. The number of thioether (sulfide) groups is 1. The van der Waals surface area contributed by atoms with E-state index in [2.05, 4.69) is 0 Å². The van der Waals surface area contributed by atoms with Crippen LogP contribution >= 0.6 is 11.8 Å². The Labute approximate surface area is 101 Å². The number of ether oxygens (including phenoxy) is 1. The zero-order valence-electron chi connectivity index (χ0n) is 9.77. The molecule has 1 saturated heterocycles. The van der Waals surface area contributed by atoms with Crippen molar-refractivity contribution in [2.75, 3.05) is 18.1 Å². The third-order valence-corrected chi connectivity index (χ3v) is 4.16. The summed E-state index contributed by atoms with van der Waals surface area (Å²) >= 11 is 1.92. The fraction of sp³-hybridized carbons (Fsp3) is 0.538. The lowest BCUT2D eigenvalue weighted by atomic mass is 9.86. The summed E-state index contributed by atoms with van der Waals surface area (Å²) in [6, 6.07) is 8.07. The minimum Gasteiger partial charge on any atom is -0.489 e. The van der Waals surface area contributed by atoms with Gasteiger partial charge in [0.2, 0.25) is 0 Å². The molecule has 0 atom stereocenters. The van der Waals surface area contributed by atoms with Gasteiger partial charge in [0.25, 0.3) is 0 Å². The average molecular weight is 238 g/mol.